The fourth-order valence-electron chi connectivity index (χ4n) is 2.24. The molecule has 2 N–H and O–H groups in total. The van der Waals surface area contributed by atoms with Crippen LogP contribution in [0.1, 0.15) is 18.9 Å². The van der Waals surface area contributed by atoms with Crippen LogP contribution in [0.2, 0.25) is 0 Å². The summed E-state index contributed by atoms with van der Waals surface area (Å²) in [6.45, 7) is 1.79. The van der Waals surface area contributed by atoms with Crippen LogP contribution >= 0.6 is 0 Å². The average molecular weight is 378 g/mol. The maximum atomic E-state index is 12.5. The summed E-state index contributed by atoms with van der Waals surface area (Å²) in [6, 6.07) is 11.1. The van der Waals surface area contributed by atoms with E-state index < -0.39 is 10.0 Å². The SMILES string of the molecule is CCC(=O)Nc1ccc(S(=O)(=O)NCc2cc(OC)ccc2OC)cc1. The van der Waals surface area contributed by atoms with E-state index in [2.05, 4.69) is 10.0 Å². The van der Waals surface area contributed by atoms with Gasteiger partial charge in [0, 0.05) is 24.2 Å². The lowest BCUT2D eigenvalue weighted by Gasteiger charge is -2.12. The van der Waals surface area contributed by atoms with Gasteiger partial charge in [-0.05, 0) is 42.5 Å². The van der Waals surface area contributed by atoms with Gasteiger partial charge in [0.25, 0.3) is 0 Å². The predicted molar refractivity (Wildman–Crippen MR) is 98.9 cm³/mol. The average Bonchev–Trinajstić information content (AvgIpc) is 2.66. The lowest BCUT2D eigenvalue weighted by Crippen LogP contribution is -2.23. The van der Waals surface area contributed by atoms with Gasteiger partial charge in [-0.25, -0.2) is 13.1 Å². The molecule has 0 aliphatic heterocycles. The second-order valence-electron chi connectivity index (χ2n) is 5.43. The van der Waals surface area contributed by atoms with Crippen LogP contribution in [0.3, 0.4) is 0 Å². The number of amides is 1. The first-order chi connectivity index (χ1) is 12.4. The second-order valence-corrected chi connectivity index (χ2v) is 7.20. The number of rotatable bonds is 8. The van der Waals surface area contributed by atoms with Gasteiger partial charge in [-0.2, -0.15) is 0 Å². The van der Waals surface area contributed by atoms with E-state index >= 15 is 0 Å². The quantitative estimate of drug-likeness (QED) is 0.736. The van der Waals surface area contributed by atoms with Crippen LogP contribution < -0.4 is 19.5 Å². The lowest BCUT2D eigenvalue weighted by atomic mass is 10.2. The fraction of sp³-hybridized carbons (Fsp3) is 0.278. The molecule has 2 rings (SSSR count). The molecule has 0 fully saturated rings. The molecule has 26 heavy (non-hydrogen) atoms. The van der Waals surface area contributed by atoms with E-state index in [1.165, 1.54) is 26.4 Å². The van der Waals surface area contributed by atoms with Crippen molar-refractivity contribution in [1.82, 2.24) is 4.72 Å². The van der Waals surface area contributed by atoms with Gasteiger partial charge in [0.05, 0.1) is 19.1 Å². The third kappa shape index (κ3) is 4.96. The van der Waals surface area contributed by atoms with Crippen LogP contribution in [0.4, 0.5) is 5.69 Å². The molecule has 0 unspecified atom stereocenters. The molecule has 0 heterocycles. The maximum Gasteiger partial charge on any atom is 0.240 e. The molecule has 0 saturated carbocycles. The van der Waals surface area contributed by atoms with Gasteiger partial charge in [-0.1, -0.05) is 6.92 Å². The minimum atomic E-state index is -3.71. The number of carbonyl (C=O) groups is 1. The number of hydrogen-bond donors (Lipinski definition) is 2. The van der Waals surface area contributed by atoms with E-state index in [1.54, 1.807) is 37.3 Å². The van der Waals surface area contributed by atoms with Gasteiger partial charge in [0.15, 0.2) is 0 Å². The number of ether oxygens (including phenoxy) is 2. The number of carbonyl (C=O) groups excluding carboxylic acids is 1. The van der Waals surface area contributed by atoms with Crippen LogP contribution in [0.15, 0.2) is 47.4 Å². The van der Waals surface area contributed by atoms with Crippen molar-refractivity contribution in [2.75, 3.05) is 19.5 Å². The van der Waals surface area contributed by atoms with E-state index in [1.807, 2.05) is 0 Å². The molecule has 0 bridgehead atoms. The molecule has 0 aliphatic carbocycles. The number of nitrogens with one attached hydrogen (secondary N) is 2. The van der Waals surface area contributed by atoms with Crippen molar-refractivity contribution in [1.29, 1.82) is 0 Å². The molecule has 0 aromatic heterocycles. The molecule has 7 nitrogen and oxygen atoms in total. The summed E-state index contributed by atoms with van der Waals surface area (Å²) in [5.74, 6) is 1.03. The summed E-state index contributed by atoms with van der Waals surface area (Å²) >= 11 is 0. The molecule has 8 heteroatoms. The molecule has 0 aliphatic rings. The number of sulfonamides is 1. The molecule has 140 valence electrons. The third-order valence-corrected chi connectivity index (χ3v) is 5.13. The van der Waals surface area contributed by atoms with Gasteiger partial charge in [-0.15, -0.1) is 0 Å². The Morgan fingerprint density at radius 3 is 2.31 bits per heavy atom. The van der Waals surface area contributed by atoms with Crippen LogP contribution in [-0.2, 0) is 21.4 Å². The van der Waals surface area contributed by atoms with Gasteiger partial charge in [0.2, 0.25) is 15.9 Å². The molecule has 2 aromatic carbocycles. The van der Waals surface area contributed by atoms with Crippen LogP contribution in [-0.4, -0.2) is 28.5 Å². The summed E-state index contributed by atoms with van der Waals surface area (Å²) < 4.78 is 37.9. The van der Waals surface area contributed by atoms with Crippen molar-refractivity contribution in [3.63, 3.8) is 0 Å². The normalized spacial score (nSPS) is 11.0. The van der Waals surface area contributed by atoms with Crippen molar-refractivity contribution in [3.05, 3.63) is 48.0 Å². The van der Waals surface area contributed by atoms with Crippen LogP contribution in [0, 0.1) is 0 Å². The monoisotopic (exact) mass is 378 g/mol. The van der Waals surface area contributed by atoms with Gasteiger partial charge >= 0.3 is 0 Å². The third-order valence-electron chi connectivity index (χ3n) is 3.71. The van der Waals surface area contributed by atoms with Crippen molar-refractivity contribution in [2.24, 2.45) is 0 Å². The Morgan fingerprint density at radius 1 is 1.04 bits per heavy atom. The first kappa shape index (κ1) is 19.7. The summed E-state index contributed by atoms with van der Waals surface area (Å²) in [5.41, 5.74) is 1.20. The Labute approximate surface area is 153 Å². The molecular weight excluding hydrogens is 356 g/mol. The second kappa shape index (κ2) is 8.68. The van der Waals surface area contributed by atoms with Crippen LogP contribution in [0.25, 0.3) is 0 Å². The Balaban J connectivity index is 2.13. The topological polar surface area (TPSA) is 93.7 Å². The van der Waals surface area contributed by atoms with E-state index in [9.17, 15) is 13.2 Å². The highest BCUT2D eigenvalue weighted by Gasteiger charge is 2.15. The fourth-order valence-corrected chi connectivity index (χ4v) is 3.25. The Kier molecular flexibility index (Phi) is 6.59. The van der Waals surface area contributed by atoms with Crippen molar-refractivity contribution in [2.45, 2.75) is 24.8 Å². The molecule has 0 atom stereocenters. The first-order valence-electron chi connectivity index (χ1n) is 8.00. The first-order valence-corrected chi connectivity index (χ1v) is 9.48. The lowest BCUT2D eigenvalue weighted by molar-refractivity contribution is -0.115. The molecule has 0 radical (unpaired) electrons. The highest BCUT2D eigenvalue weighted by atomic mass is 32.2. The Hall–Kier alpha value is -2.58. The van der Waals surface area contributed by atoms with Crippen LogP contribution in [0.5, 0.6) is 11.5 Å². The number of benzene rings is 2. The molecule has 0 saturated heterocycles. The van der Waals surface area contributed by atoms with Crippen molar-refractivity contribution in [3.8, 4) is 11.5 Å². The van der Waals surface area contributed by atoms with E-state index in [-0.39, 0.29) is 17.3 Å². The largest absolute Gasteiger partial charge is 0.497 e. The smallest absolute Gasteiger partial charge is 0.240 e. The standard InChI is InChI=1S/C18H22N2O5S/c1-4-18(21)20-14-5-8-16(9-6-14)26(22,23)19-12-13-11-15(24-2)7-10-17(13)25-3/h5-11,19H,4,12H2,1-3H3,(H,20,21). The zero-order valence-electron chi connectivity index (χ0n) is 14.9. The molecule has 0 spiro atoms. The number of hydrogen-bond acceptors (Lipinski definition) is 5. The maximum absolute atomic E-state index is 12.5. The molecule has 1 amide bonds. The van der Waals surface area contributed by atoms with Crippen molar-refractivity contribution < 1.29 is 22.7 Å². The van der Waals surface area contributed by atoms with E-state index in [0.717, 1.165) is 0 Å². The number of methoxy groups -OCH3 is 2. The highest BCUT2D eigenvalue weighted by molar-refractivity contribution is 7.89. The summed E-state index contributed by atoms with van der Waals surface area (Å²) in [4.78, 5) is 11.5. The van der Waals surface area contributed by atoms with Gasteiger partial charge < -0.3 is 14.8 Å². The summed E-state index contributed by atoms with van der Waals surface area (Å²) in [5, 5.41) is 2.67. The molecule has 2 aromatic rings. The summed E-state index contributed by atoms with van der Waals surface area (Å²) in [7, 11) is -0.660. The van der Waals surface area contributed by atoms with Crippen molar-refractivity contribution >= 4 is 21.6 Å². The predicted octanol–water partition coefficient (Wildman–Crippen LogP) is 2.53. The van der Waals surface area contributed by atoms with Gasteiger partial charge in [-0.3, -0.25) is 4.79 Å². The minimum absolute atomic E-state index is 0.0526. The van der Waals surface area contributed by atoms with E-state index in [4.69, 9.17) is 9.47 Å². The van der Waals surface area contributed by atoms with Gasteiger partial charge in [0.1, 0.15) is 11.5 Å². The number of anilines is 1. The molecular formula is C18H22N2O5S. The van der Waals surface area contributed by atoms with E-state index in [0.29, 0.717) is 29.2 Å². The minimum Gasteiger partial charge on any atom is -0.497 e. The highest BCUT2D eigenvalue weighted by Crippen LogP contribution is 2.24. The Bertz CT molecular complexity index is 864. The Morgan fingerprint density at radius 2 is 1.73 bits per heavy atom. The zero-order chi connectivity index (χ0) is 19.2. The zero-order valence-corrected chi connectivity index (χ0v) is 15.7. The summed E-state index contributed by atoms with van der Waals surface area (Å²) in [6.07, 6.45) is 0.351.